The molecule has 124 valence electrons. The third-order valence-corrected chi connectivity index (χ3v) is 6.89. The van der Waals surface area contributed by atoms with Crippen molar-refractivity contribution in [3.8, 4) is 0 Å². The summed E-state index contributed by atoms with van der Waals surface area (Å²) in [5.41, 5.74) is 0. The van der Waals surface area contributed by atoms with Gasteiger partial charge in [0.25, 0.3) is 0 Å². The fraction of sp³-hybridized carbons (Fsp3) is 1.00. The molecule has 0 heterocycles. The molecule has 0 radical (unpaired) electrons. The highest BCUT2D eigenvalue weighted by Gasteiger charge is 2.52. The highest BCUT2D eigenvalue weighted by molar-refractivity contribution is 5.01. The minimum absolute atomic E-state index is 0.994. The Morgan fingerprint density at radius 1 is 0.905 bits per heavy atom. The fourth-order valence-corrected chi connectivity index (χ4v) is 5.61. The summed E-state index contributed by atoms with van der Waals surface area (Å²) < 4.78 is 0. The van der Waals surface area contributed by atoms with Crippen LogP contribution in [-0.2, 0) is 0 Å². The van der Waals surface area contributed by atoms with Gasteiger partial charge in [-0.2, -0.15) is 0 Å². The molecule has 2 rings (SSSR count). The van der Waals surface area contributed by atoms with Crippen LogP contribution in [0.1, 0.15) is 98.3 Å². The van der Waals surface area contributed by atoms with E-state index in [-0.39, 0.29) is 0 Å². The van der Waals surface area contributed by atoms with E-state index < -0.39 is 0 Å². The van der Waals surface area contributed by atoms with Crippen LogP contribution in [0.3, 0.4) is 0 Å². The molecule has 0 amide bonds. The minimum atomic E-state index is 0.994. The second-order valence-corrected chi connectivity index (χ2v) is 8.44. The predicted molar refractivity (Wildman–Crippen MR) is 94.4 cm³/mol. The van der Waals surface area contributed by atoms with Crippen molar-refractivity contribution in [2.75, 3.05) is 0 Å². The van der Waals surface area contributed by atoms with Crippen molar-refractivity contribution in [3.05, 3.63) is 0 Å². The van der Waals surface area contributed by atoms with E-state index in [0.29, 0.717) is 0 Å². The molecular formula is C21H40. The summed E-state index contributed by atoms with van der Waals surface area (Å²) in [4.78, 5) is 0. The lowest BCUT2D eigenvalue weighted by atomic mass is 9.59. The number of hydrogen-bond donors (Lipinski definition) is 0. The Morgan fingerprint density at radius 2 is 1.62 bits per heavy atom. The first kappa shape index (κ1) is 17.4. The second kappa shape index (κ2) is 8.59. The summed E-state index contributed by atoms with van der Waals surface area (Å²) >= 11 is 0. The normalized spacial score (nSPS) is 36.3. The molecule has 6 unspecified atom stereocenters. The van der Waals surface area contributed by atoms with E-state index in [0.717, 1.165) is 35.5 Å². The van der Waals surface area contributed by atoms with Gasteiger partial charge in [0.15, 0.2) is 0 Å². The maximum absolute atomic E-state index is 2.58. The van der Waals surface area contributed by atoms with Crippen LogP contribution < -0.4 is 0 Å². The Hall–Kier alpha value is 0. The van der Waals surface area contributed by atoms with Crippen LogP contribution in [0.4, 0.5) is 0 Å². The molecule has 6 atom stereocenters. The van der Waals surface area contributed by atoms with E-state index in [1.165, 1.54) is 57.8 Å². The molecule has 0 spiro atoms. The average molecular weight is 293 g/mol. The van der Waals surface area contributed by atoms with Crippen molar-refractivity contribution >= 4 is 0 Å². The monoisotopic (exact) mass is 292 g/mol. The first-order chi connectivity index (χ1) is 10.2. The van der Waals surface area contributed by atoms with Crippen molar-refractivity contribution in [2.24, 2.45) is 35.5 Å². The first-order valence-electron chi connectivity index (χ1n) is 10.2. The van der Waals surface area contributed by atoms with Crippen LogP contribution in [0.15, 0.2) is 0 Å². The molecule has 0 heteroatoms. The first-order valence-corrected chi connectivity index (χ1v) is 10.2. The molecule has 0 aromatic rings. The summed E-state index contributed by atoms with van der Waals surface area (Å²) in [5.74, 6) is 6.43. The van der Waals surface area contributed by atoms with E-state index in [4.69, 9.17) is 0 Å². The summed E-state index contributed by atoms with van der Waals surface area (Å²) in [6.07, 6.45) is 16.3. The number of fused-ring (bicyclic) bond motifs is 1. The van der Waals surface area contributed by atoms with Gasteiger partial charge in [-0.25, -0.2) is 0 Å². The number of rotatable bonds is 10. The predicted octanol–water partition coefficient (Wildman–Crippen LogP) is 7.08. The van der Waals surface area contributed by atoms with Gasteiger partial charge >= 0.3 is 0 Å². The van der Waals surface area contributed by atoms with Gasteiger partial charge in [-0.05, 0) is 48.3 Å². The van der Waals surface area contributed by atoms with Gasteiger partial charge in [0, 0.05) is 0 Å². The summed E-state index contributed by atoms with van der Waals surface area (Å²) in [5, 5.41) is 0. The van der Waals surface area contributed by atoms with E-state index in [2.05, 4.69) is 27.7 Å². The standard InChI is InChI=1S/C21H40/c1-5-7-8-9-10-11-13-16(3)19-14-17(4)20-15-18(12-6-2)21(19)20/h16-21H,5-15H2,1-4H3. The van der Waals surface area contributed by atoms with E-state index >= 15 is 0 Å². The zero-order valence-electron chi connectivity index (χ0n) is 15.2. The van der Waals surface area contributed by atoms with Crippen molar-refractivity contribution in [1.82, 2.24) is 0 Å². The molecule has 0 aromatic heterocycles. The van der Waals surface area contributed by atoms with Crippen molar-refractivity contribution in [1.29, 1.82) is 0 Å². The second-order valence-electron chi connectivity index (χ2n) is 8.44. The topological polar surface area (TPSA) is 0 Å². The molecule has 0 aliphatic heterocycles. The molecule has 0 saturated heterocycles. The Labute approximate surface area is 134 Å². The highest BCUT2D eigenvalue weighted by atomic mass is 14.6. The lowest BCUT2D eigenvalue weighted by molar-refractivity contribution is 0.0275. The molecule has 0 aromatic carbocycles. The van der Waals surface area contributed by atoms with Crippen LogP contribution in [0.2, 0.25) is 0 Å². The van der Waals surface area contributed by atoms with Gasteiger partial charge in [-0.15, -0.1) is 0 Å². The molecule has 2 saturated carbocycles. The molecule has 0 nitrogen and oxygen atoms in total. The van der Waals surface area contributed by atoms with Gasteiger partial charge in [0.05, 0.1) is 0 Å². The lowest BCUT2D eigenvalue weighted by Crippen LogP contribution is -2.39. The molecule has 0 N–H and O–H groups in total. The average Bonchev–Trinajstić information content (AvgIpc) is 2.71. The lowest BCUT2D eigenvalue weighted by Gasteiger charge is -2.46. The molecule has 2 aliphatic carbocycles. The Balaban J connectivity index is 1.70. The molecular weight excluding hydrogens is 252 g/mol. The van der Waals surface area contributed by atoms with Crippen LogP contribution in [0.5, 0.6) is 0 Å². The van der Waals surface area contributed by atoms with Gasteiger partial charge in [-0.3, -0.25) is 0 Å². The van der Waals surface area contributed by atoms with Crippen molar-refractivity contribution in [3.63, 3.8) is 0 Å². The van der Waals surface area contributed by atoms with Gasteiger partial charge in [0.1, 0.15) is 0 Å². The van der Waals surface area contributed by atoms with E-state index in [9.17, 15) is 0 Å². The van der Waals surface area contributed by atoms with Crippen LogP contribution in [0.25, 0.3) is 0 Å². The largest absolute Gasteiger partial charge is 0.0654 e. The van der Waals surface area contributed by atoms with Gasteiger partial charge in [0.2, 0.25) is 0 Å². The summed E-state index contributed by atoms with van der Waals surface area (Å²) in [6.45, 7) is 9.80. The summed E-state index contributed by atoms with van der Waals surface area (Å²) in [6, 6.07) is 0. The van der Waals surface area contributed by atoms with Crippen LogP contribution in [-0.4, -0.2) is 0 Å². The maximum Gasteiger partial charge on any atom is -0.0324 e. The molecule has 2 aliphatic rings. The Bertz CT molecular complexity index is 282. The zero-order chi connectivity index (χ0) is 15.2. The SMILES string of the molecule is CCCCCCCCC(C)C1CC(C)C2CC(CCC)C12. The Kier molecular flexibility index (Phi) is 7.10. The highest BCUT2D eigenvalue weighted by Crippen LogP contribution is 2.60. The molecule has 21 heavy (non-hydrogen) atoms. The third-order valence-electron chi connectivity index (χ3n) is 6.89. The van der Waals surface area contributed by atoms with Crippen molar-refractivity contribution in [2.45, 2.75) is 98.3 Å². The van der Waals surface area contributed by atoms with E-state index in [1.54, 1.807) is 12.8 Å². The van der Waals surface area contributed by atoms with Crippen LogP contribution >= 0.6 is 0 Å². The van der Waals surface area contributed by atoms with Crippen molar-refractivity contribution < 1.29 is 0 Å². The quantitative estimate of drug-likeness (QED) is 0.377. The minimum Gasteiger partial charge on any atom is -0.0654 e. The molecule has 2 fully saturated rings. The number of hydrogen-bond acceptors (Lipinski definition) is 0. The smallest absolute Gasteiger partial charge is 0.0324 e. The van der Waals surface area contributed by atoms with E-state index in [1.807, 2.05) is 0 Å². The fourth-order valence-electron chi connectivity index (χ4n) is 5.61. The van der Waals surface area contributed by atoms with Gasteiger partial charge in [-0.1, -0.05) is 85.5 Å². The molecule has 0 bridgehead atoms. The third kappa shape index (κ3) is 4.26. The summed E-state index contributed by atoms with van der Waals surface area (Å²) in [7, 11) is 0. The van der Waals surface area contributed by atoms with Crippen LogP contribution in [0, 0.1) is 35.5 Å². The number of unbranched alkanes of at least 4 members (excludes halogenated alkanes) is 5. The zero-order valence-corrected chi connectivity index (χ0v) is 15.2. The Morgan fingerprint density at radius 3 is 2.33 bits per heavy atom. The van der Waals surface area contributed by atoms with Gasteiger partial charge < -0.3 is 0 Å². The maximum atomic E-state index is 2.58.